The van der Waals surface area contributed by atoms with E-state index in [9.17, 15) is 0 Å². The van der Waals surface area contributed by atoms with Gasteiger partial charge in [0, 0.05) is 11.8 Å². The molecule has 0 spiro atoms. The predicted molar refractivity (Wildman–Crippen MR) is 49.9 cm³/mol. The van der Waals surface area contributed by atoms with E-state index in [1.807, 2.05) is 6.92 Å². The molecule has 0 radical (unpaired) electrons. The summed E-state index contributed by atoms with van der Waals surface area (Å²) in [7, 11) is 0. The van der Waals surface area contributed by atoms with Gasteiger partial charge in [-0.1, -0.05) is 23.2 Å². The molecule has 1 aromatic heterocycles. The Morgan fingerprint density at radius 1 is 1.58 bits per heavy atom. The number of nitrogens with zero attached hydrogens (tertiary/aromatic N) is 1. The van der Waals surface area contributed by atoms with Crippen molar-refractivity contribution in [3.8, 4) is 5.88 Å². The van der Waals surface area contributed by atoms with Gasteiger partial charge in [-0.05, 0) is 19.1 Å². The smallest absolute Gasteiger partial charge is 0.219 e. The van der Waals surface area contributed by atoms with Gasteiger partial charge in [0.05, 0.1) is 6.61 Å². The van der Waals surface area contributed by atoms with Crippen molar-refractivity contribution >= 4 is 23.2 Å². The number of ether oxygens (including phenoxy) is 1. The zero-order chi connectivity index (χ0) is 8.97. The molecule has 1 heterocycles. The van der Waals surface area contributed by atoms with Gasteiger partial charge in [-0.2, -0.15) is 0 Å². The fourth-order valence-corrected chi connectivity index (χ4v) is 1.16. The van der Waals surface area contributed by atoms with Crippen LogP contribution in [-0.4, -0.2) is 11.6 Å². The lowest BCUT2D eigenvalue weighted by Crippen LogP contribution is -1.98. The molecule has 0 unspecified atom stereocenters. The van der Waals surface area contributed by atoms with Crippen LogP contribution in [0, 0.1) is 0 Å². The van der Waals surface area contributed by atoms with E-state index in [0.29, 0.717) is 18.1 Å². The van der Waals surface area contributed by atoms with Gasteiger partial charge in [0.1, 0.15) is 4.84 Å². The molecule has 0 aliphatic heterocycles. The van der Waals surface area contributed by atoms with Crippen LogP contribution < -0.4 is 4.74 Å². The van der Waals surface area contributed by atoms with Crippen LogP contribution in [0.3, 0.4) is 0 Å². The van der Waals surface area contributed by atoms with E-state index in [4.69, 9.17) is 27.9 Å². The highest BCUT2D eigenvalue weighted by Crippen LogP contribution is 2.30. The van der Waals surface area contributed by atoms with Crippen LogP contribution in [0.5, 0.6) is 5.88 Å². The summed E-state index contributed by atoms with van der Waals surface area (Å²) < 4.78 is 5.22. The second kappa shape index (κ2) is 4.53. The maximum Gasteiger partial charge on any atom is 0.219 e. The van der Waals surface area contributed by atoms with Crippen molar-refractivity contribution in [2.24, 2.45) is 0 Å². The Morgan fingerprint density at radius 3 is 2.92 bits per heavy atom. The Kier molecular flexibility index (Phi) is 3.63. The molecule has 0 aromatic carbocycles. The van der Waals surface area contributed by atoms with Crippen LogP contribution in [0.25, 0.3) is 0 Å². The maximum absolute atomic E-state index is 5.69. The summed E-state index contributed by atoms with van der Waals surface area (Å²) in [4.78, 5) is 3.42. The lowest BCUT2D eigenvalue weighted by Gasteiger charge is -2.07. The Morgan fingerprint density at radius 2 is 2.33 bits per heavy atom. The van der Waals surface area contributed by atoms with E-state index < -0.39 is 4.84 Å². The molecule has 12 heavy (non-hydrogen) atoms. The van der Waals surface area contributed by atoms with Crippen LogP contribution in [0.4, 0.5) is 0 Å². The molecule has 4 heteroatoms. The monoisotopic (exact) mass is 205 g/mol. The van der Waals surface area contributed by atoms with E-state index in [2.05, 4.69) is 4.98 Å². The van der Waals surface area contributed by atoms with Gasteiger partial charge in [0.15, 0.2) is 0 Å². The summed E-state index contributed by atoms with van der Waals surface area (Å²) in [5.74, 6) is 0.509. The Balaban J connectivity index is 2.92. The Hall–Kier alpha value is -0.470. The molecular formula is C8H9Cl2NO. The average Bonchev–Trinajstić information content (AvgIpc) is 2.05. The highest BCUT2D eigenvalue weighted by molar-refractivity contribution is 6.44. The number of pyridine rings is 1. The summed E-state index contributed by atoms with van der Waals surface area (Å²) in [5.41, 5.74) is 0.711. The number of hydrogen-bond donors (Lipinski definition) is 0. The maximum atomic E-state index is 5.69. The topological polar surface area (TPSA) is 22.1 Å². The molecular weight excluding hydrogens is 197 g/mol. The van der Waals surface area contributed by atoms with E-state index in [0.717, 1.165) is 0 Å². The number of rotatable bonds is 3. The van der Waals surface area contributed by atoms with Gasteiger partial charge in [-0.25, -0.2) is 4.98 Å². The number of alkyl halides is 2. The Labute approximate surface area is 81.5 Å². The summed E-state index contributed by atoms with van der Waals surface area (Å²) >= 11 is 11.4. The van der Waals surface area contributed by atoms with Crippen molar-refractivity contribution in [3.05, 3.63) is 23.9 Å². The first-order chi connectivity index (χ1) is 5.75. The van der Waals surface area contributed by atoms with E-state index in [1.165, 1.54) is 0 Å². The lowest BCUT2D eigenvalue weighted by molar-refractivity contribution is 0.324. The SMILES string of the molecule is CCOc1ncccc1C(Cl)Cl. The van der Waals surface area contributed by atoms with Crippen molar-refractivity contribution in [2.45, 2.75) is 11.8 Å². The summed E-state index contributed by atoms with van der Waals surface area (Å²) in [6.07, 6.45) is 1.64. The number of halogens is 2. The van der Waals surface area contributed by atoms with Crippen molar-refractivity contribution in [3.63, 3.8) is 0 Å². The Bertz CT molecular complexity index is 253. The molecule has 0 saturated carbocycles. The fraction of sp³-hybridized carbons (Fsp3) is 0.375. The van der Waals surface area contributed by atoms with Crippen molar-refractivity contribution < 1.29 is 4.74 Å². The standard InChI is InChI=1S/C8H9Cl2NO/c1-2-12-8-6(7(9)10)4-3-5-11-8/h3-5,7H,2H2,1H3. The van der Waals surface area contributed by atoms with Crippen LogP contribution in [0.1, 0.15) is 17.3 Å². The van der Waals surface area contributed by atoms with E-state index in [1.54, 1.807) is 18.3 Å². The highest BCUT2D eigenvalue weighted by atomic mass is 35.5. The van der Waals surface area contributed by atoms with Crippen LogP contribution in [0.15, 0.2) is 18.3 Å². The summed E-state index contributed by atoms with van der Waals surface area (Å²) in [6, 6.07) is 3.57. The molecule has 0 N–H and O–H groups in total. The molecule has 1 aromatic rings. The van der Waals surface area contributed by atoms with Crippen LogP contribution in [-0.2, 0) is 0 Å². The third kappa shape index (κ3) is 2.26. The van der Waals surface area contributed by atoms with Gasteiger partial charge in [0.2, 0.25) is 5.88 Å². The van der Waals surface area contributed by atoms with Gasteiger partial charge in [-0.15, -0.1) is 0 Å². The van der Waals surface area contributed by atoms with Crippen molar-refractivity contribution in [2.75, 3.05) is 6.61 Å². The first-order valence-electron chi connectivity index (χ1n) is 3.61. The highest BCUT2D eigenvalue weighted by Gasteiger charge is 2.10. The summed E-state index contributed by atoms with van der Waals surface area (Å²) in [6.45, 7) is 2.44. The third-order valence-corrected chi connectivity index (χ3v) is 1.79. The predicted octanol–water partition coefficient (Wildman–Crippen LogP) is 2.96. The second-order valence-corrected chi connectivity index (χ2v) is 3.23. The molecule has 1 rings (SSSR count). The molecule has 0 aliphatic carbocycles. The lowest BCUT2D eigenvalue weighted by atomic mass is 10.3. The van der Waals surface area contributed by atoms with Gasteiger partial charge in [0.25, 0.3) is 0 Å². The minimum absolute atomic E-state index is 0.509. The largest absolute Gasteiger partial charge is 0.478 e. The quantitative estimate of drug-likeness (QED) is 0.709. The zero-order valence-electron chi connectivity index (χ0n) is 6.63. The normalized spacial score (nSPS) is 10.3. The molecule has 0 atom stereocenters. The summed E-state index contributed by atoms with van der Waals surface area (Å²) in [5, 5.41) is 0. The number of hydrogen-bond acceptors (Lipinski definition) is 2. The minimum Gasteiger partial charge on any atom is -0.478 e. The van der Waals surface area contributed by atoms with Crippen molar-refractivity contribution in [1.29, 1.82) is 0 Å². The molecule has 0 fully saturated rings. The zero-order valence-corrected chi connectivity index (χ0v) is 8.14. The molecule has 2 nitrogen and oxygen atoms in total. The number of aromatic nitrogens is 1. The first kappa shape index (κ1) is 9.62. The average molecular weight is 206 g/mol. The van der Waals surface area contributed by atoms with E-state index >= 15 is 0 Å². The first-order valence-corrected chi connectivity index (χ1v) is 4.49. The van der Waals surface area contributed by atoms with Gasteiger partial charge >= 0.3 is 0 Å². The second-order valence-electron chi connectivity index (χ2n) is 2.13. The molecule has 66 valence electrons. The van der Waals surface area contributed by atoms with Crippen molar-refractivity contribution in [1.82, 2.24) is 4.98 Å². The minimum atomic E-state index is -0.583. The van der Waals surface area contributed by atoms with Gasteiger partial charge in [-0.3, -0.25) is 0 Å². The van der Waals surface area contributed by atoms with Crippen LogP contribution >= 0.6 is 23.2 Å². The third-order valence-electron chi connectivity index (χ3n) is 1.32. The molecule has 0 aliphatic rings. The molecule has 0 saturated heterocycles. The van der Waals surface area contributed by atoms with Gasteiger partial charge < -0.3 is 4.74 Å². The fourth-order valence-electron chi connectivity index (χ4n) is 0.827. The van der Waals surface area contributed by atoms with Crippen LogP contribution in [0.2, 0.25) is 0 Å². The van der Waals surface area contributed by atoms with E-state index in [-0.39, 0.29) is 0 Å². The molecule has 0 bridgehead atoms. The molecule has 0 amide bonds.